The highest BCUT2D eigenvalue weighted by molar-refractivity contribution is 6.13. The third-order valence-electron chi connectivity index (χ3n) is 4.73. The molecule has 4 rings (SSSR count). The van der Waals surface area contributed by atoms with Gasteiger partial charge in [-0.1, -0.05) is 12.1 Å². The standard InChI is InChI=1S/C22H21N3O2/c23-19-5-1-16(2-6-19)13-18-4-3-17-14-20(7-8-21(17)22(18)26)27-12-11-25-10-9-24-15-25/h1-2,5-10,13-15H,3-4,11-12,23H2. The van der Waals surface area contributed by atoms with Gasteiger partial charge < -0.3 is 15.0 Å². The van der Waals surface area contributed by atoms with E-state index in [4.69, 9.17) is 10.5 Å². The van der Waals surface area contributed by atoms with Crippen molar-refractivity contribution in [2.24, 2.45) is 0 Å². The number of hydrogen-bond acceptors (Lipinski definition) is 4. The zero-order chi connectivity index (χ0) is 18.6. The molecule has 136 valence electrons. The van der Waals surface area contributed by atoms with Crippen LogP contribution in [0.3, 0.4) is 0 Å². The van der Waals surface area contributed by atoms with Crippen LogP contribution in [-0.4, -0.2) is 21.9 Å². The van der Waals surface area contributed by atoms with Crippen molar-refractivity contribution in [2.75, 3.05) is 12.3 Å². The number of nitrogens with zero attached hydrogens (tertiary/aromatic N) is 2. The number of ketones is 1. The SMILES string of the molecule is Nc1ccc(C=C2CCc3cc(OCCn4ccnc4)ccc3C2=O)cc1. The smallest absolute Gasteiger partial charge is 0.189 e. The van der Waals surface area contributed by atoms with Crippen molar-refractivity contribution in [1.82, 2.24) is 9.55 Å². The summed E-state index contributed by atoms with van der Waals surface area (Å²) in [4.78, 5) is 16.8. The molecule has 0 saturated heterocycles. The van der Waals surface area contributed by atoms with E-state index in [-0.39, 0.29) is 5.78 Å². The van der Waals surface area contributed by atoms with Crippen molar-refractivity contribution in [3.8, 4) is 5.75 Å². The van der Waals surface area contributed by atoms with E-state index in [1.165, 1.54) is 0 Å². The van der Waals surface area contributed by atoms with E-state index in [9.17, 15) is 4.79 Å². The number of fused-ring (bicyclic) bond motifs is 1. The number of anilines is 1. The predicted octanol–water partition coefficient (Wildman–Crippen LogP) is 3.76. The Morgan fingerprint density at radius 1 is 1.15 bits per heavy atom. The van der Waals surface area contributed by atoms with Crippen molar-refractivity contribution < 1.29 is 9.53 Å². The van der Waals surface area contributed by atoms with Crippen LogP contribution in [0.15, 0.2) is 66.8 Å². The van der Waals surface area contributed by atoms with Crippen molar-refractivity contribution in [2.45, 2.75) is 19.4 Å². The molecule has 0 aliphatic heterocycles. The monoisotopic (exact) mass is 359 g/mol. The van der Waals surface area contributed by atoms with Gasteiger partial charge in [0.1, 0.15) is 12.4 Å². The Labute approximate surface area is 158 Å². The average molecular weight is 359 g/mol. The zero-order valence-electron chi connectivity index (χ0n) is 15.0. The van der Waals surface area contributed by atoms with Gasteiger partial charge in [0, 0.05) is 29.2 Å². The fourth-order valence-electron chi connectivity index (χ4n) is 3.26. The molecule has 0 atom stereocenters. The Morgan fingerprint density at radius 2 is 2.00 bits per heavy atom. The number of benzene rings is 2. The first kappa shape index (κ1) is 17.1. The number of aryl methyl sites for hydroxylation is 1. The summed E-state index contributed by atoms with van der Waals surface area (Å²) >= 11 is 0. The minimum absolute atomic E-state index is 0.0954. The first-order valence-electron chi connectivity index (χ1n) is 9.01. The summed E-state index contributed by atoms with van der Waals surface area (Å²) in [5.41, 5.74) is 10.1. The molecule has 5 nitrogen and oxygen atoms in total. The first-order chi connectivity index (χ1) is 13.2. The molecule has 0 amide bonds. The number of imidazole rings is 1. The van der Waals surface area contributed by atoms with E-state index >= 15 is 0 Å². The maximum Gasteiger partial charge on any atom is 0.189 e. The lowest BCUT2D eigenvalue weighted by atomic mass is 9.86. The van der Waals surface area contributed by atoms with Crippen LogP contribution in [0.25, 0.3) is 6.08 Å². The number of nitrogens with two attached hydrogens (primary N) is 1. The van der Waals surface area contributed by atoms with E-state index in [2.05, 4.69) is 4.98 Å². The summed E-state index contributed by atoms with van der Waals surface area (Å²) in [6.07, 6.45) is 8.95. The molecular formula is C22H21N3O2. The number of aromatic nitrogens is 2. The lowest BCUT2D eigenvalue weighted by Gasteiger charge is -2.19. The van der Waals surface area contributed by atoms with Crippen LogP contribution >= 0.6 is 0 Å². The van der Waals surface area contributed by atoms with Crippen LogP contribution < -0.4 is 10.5 Å². The first-order valence-corrected chi connectivity index (χ1v) is 9.01. The Bertz CT molecular complexity index is 973. The molecule has 5 heteroatoms. The van der Waals surface area contributed by atoms with Crippen LogP contribution in [0, 0.1) is 0 Å². The summed E-state index contributed by atoms with van der Waals surface area (Å²) < 4.78 is 7.80. The Morgan fingerprint density at radius 3 is 2.78 bits per heavy atom. The van der Waals surface area contributed by atoms with Gasteiger partial charge in [0.2, 0.25) is 0 Å². The maximum absolute atomic E-state index is 12.8. The molecule has 0 fully saturated rings. The molecule has 3 aromatic rings. The van der Waals surface area contributed by atoms with Crippen molar-refractivity contribution >= 4 is 17.5 Å². The van der Waals surface area contributed by atoms with E-state index in [1.54, 1.807) is 12.5 Å². The van der Waals surface area contributed by atoms with Crippen molar-refractivity contribution in [3.63, 3.8) is 0 Å². The third kappa shape index (κ3) is 3.92. The second-order valence-electron chi connectivity index (χ2n) is 6.63. The summed E-state index contributed by atoms with van der Waals surface area (Å²) in [5, 5.41) is 0. The van der Waals surface area contributed by atoms with Crippen molar-refractivity contribution in [3.05, 3.63) is 83.4 Å². The fraction of sp³-hybridized carbons (Fsp3) is 0.182. The quantitative estimate of drug-likeness (QED) is 0.556. The molecule has 2 N–H and O–H groups in total. The lowest BCUT2D eigenvalue weighted by molar-refractivity contribution is 0.102. The maximum atomic E-state index is 12.8. The highest BCUT2D eigenvalue weighted by atomic mass is 16.5. The Kier molecular flexibility index (Phi) is 4.75. The summed E-state index contributed by atoms with van der Waals surface area (Å²) in [6, 6.07) is 13.3. The van der Waals surface area contributed by atoms with Gasteiger partial charge in [-0.3, -0.25) is 4.79 Å². The average Bonchev–Trinajstić information content (AvgIpc) is 3.19. The molecule has 0 bridgehead atoms. The van der Waals surface area contributed by atoms with E-state index < -0.39 is 0 Å². The number of Topliss-reactive ketones (excluding diaryl/α,β-unsaturated/α-hetero) is 1. The molecule has 27 heavy (non-hydrogen) atoms. The van der Waals surface area contributed by atoms with Gasteiger partial charge >= 0.3 is 0 Å². The summed E-state index contributed by atoms with van der Waals surface area (Å²) in [6.45, 7) is 1.30. The molecule has 1 aliphatic rings. The van der Waals surface area contributed by atoms with E-state index in [0.717, 1.165) is 53.1 Å². The van der Waals surface area contributed by atoms with Gasteiger partial charge in [-0.25, -0.2) is 4.98 Å². The minimum atomic E-state index is 0.0954. The predicted molar refractivity (Wildman–Crippen MR) is 106 cm³/mol. The molecule has 0 saturated carbocycles. The minimum Gasteiger partial charge on any atom is -0.492 e. The zero-order valence-corrected chi connectivity index (χ0v) is 15.0. The Hall–Kier alpha value is -3.34. The second kappa shape index (κ2) is 7.50. The van der Waals surface area contributed by atoms with Gasteiger partial charge in [-0.2, -0.15) is 0 Å². The van der Waals surface area contributed by atoms with Crippen LogP contribution in [0.1, 0.15) is 27.9 Å². The van der Waals surface area contributed by atoms with Crippen LogP contribution in [0.2, 0.25) is 0 Å². The number of rotatable bonds is 5. The number of nitrogen functional groups attached to an aromatic ring is 1. The second-order valence-corrected chi connectivity index (χ2v) is 6.63. The molecule has 0 unspecified atom stereocenters. The number of carbonyl (C=O) groups excluding carboxylic acids is 1. The van der Waals surface area contributed by atoms with Gasteiger partial charge in [0.15, 0.2) is 5.78 Å². The number of allylic oxidation sites excluding steroid dienone is 1. The van der Waals surface area contributed by atoms with Gasteiger partial charge in [0.25, 0.3) is 0 Å². The molecule has 1 aromatic heterocycles. The molecule has 1 heterocycles. The number of carbonyl (C=O) groups is 1. The Balaban J connectivity index is 1.46. The number of ether oxygens (including phenoxy) is 1. The highest BCUT2D eigenvalue weighted by Crippen LogP contribution is 2.29. The van der Waals surface area contributed by atoms with Crippen LogP contribution in [-0.2, 0) is 13.0 Å². The van der Waals surface area contributed by atoms with Gasteiger partial charge in [0.05, 0.1) is 12.9 Å². The largest absolute Gasteiger partial charge is 0.492 e. The molecular weight excluding hydrogens is 338 g/mol. The lowest BCUT2D eigenvalue weighted by Crippen LogP contribution is -2.14. The highest BCUT2D eigenvalue weighted by Gasteiger charge is 2.22. The normalized spacial score (nSPS) is 15.0. The summed E-state index contributed by atoms with van der Waals surface area (Å²) in [5.74, 6) is 0.894. The summed E-state index contributed by atoms with van der Waals surface area (Å²) in [7, 11) is 0. The molecule has 1 aliphatic carbocycles. The van der Waals surface area contributed by atoms with Gasteiger partial charge in [-0.05, 0) is 60.4 Å². The fourth-order valence-corrected chi connectivity index (χ4v) is 3.26. The van der Waals surface area contributed by atoms with Gasteiger partial charge in [-0.15, -0.1) is 0 Å². The van der Waals surface area contributed by atoms with E-state index in [1.807, 2.05) is 59.3 Å². The van der Waals surface area contributed by atoms with E-state index in [0.29, 0.717) is 6.61 Å². The molecule has 0 spiro atoms. The van der Waals surface area contributed by atoms with Crippen molar-refractivity contribution in [1.29, 1.82) is 0 Å². The van der Waals surface area contributed by atoms with Crippen LogP contribution in [0.4, 0.5) is 5.69 Å². The molecule has 0 radical (unpaired) electrons. The van der Waals surface area contributed by atoms with Crippen LogP contribution in [0.5, 0.6) is 5.75 Å². The molecule has 2 aromatic carbocycles. The third-order valence-corrected chi connectivity index (χ3v) is 4.73. The topological polar surface area (TPSA) is 70.1 Å². The number of hydrogen-bond donors (Lipinski definition) is 1.